The molecule has 0 spiro atoms. The van der Waals surface area contributed by atoms with Gasteiger partial charge >= 0.3 is 0 Å². The van der Waals surface area contributed by atoms with Gasteiger partial charge in [-0.2, -0.15) is 0 Å². The normalized spacial score (nSPS) is 20.7. The zero-order valence-electron chi connectivity index (χ0n) is 46.0. The summed E-state index contributed by atoms with van der Waals surface area (Å²) in [5.41, 5.74) is 5.70. The number of likely N-dealkylation sites (N-methyl/N-ethyl adjacent to an activating group) is 2. The van der Waals surface area contributed by atoms with Crippen LogP contribution in [0.4, 0.5) is 0 Å². The van der Waals surface area contributed by atoms with Gasteiger partial charge in [-0.3, -0.25) is 28.8 Å². The number of benzene rings is 4. The second-order valence-corrected chi connectivity index (χ2v) is 23.7. The number of carbonyl (C=O) groups excluding carboxylic acids is 6. The number of thiazole rings is 2. The van der Waals surface area contributed by atoms with E-state index in [9.17, 15) is 28.8 Å². The zero-order chi connectivity index (χ0) is 55.9. The van der Waals surface area contributed by atoms with Gasteiger partial charge in [-0.15, -0.1) is 22.7 Å². The van der Waals surface area contributed by atoms with E-state index >= 15 is 0 Å². The number of amides is 6. The van der Waals surface area contributed by atoms with Crippen LogP contribution >= 0.6 is 22.7 Å². The number of hydrogen-bond acceptors (Lipinski definition) is 12. The standard InChI is InChI=1S/C62H72N10O6S2/c1-37(63-3)55(73)69-53(41-21-13-7-14-22-41)61(77)71-33-47(31-51(71)59-67-49(35-79-59)39-17-9-5-10-18-39)65-57(75)45-27-25-44-30-46(28-26-43(44)29-45)58(76)66-48-32-52(60-68-50(36-80-60)40-19-11-6-12-20-40)72(34-48)62(78)54(42-23-15-8-16-24-42)70-56(74)38(2)64-4/h5-6,9-12,17-20,25-30,35-38,41,47-48,51-53,63-64H,7-8,13-16,21-24,31-34H2,1-4H3,(H,65,75)(H,66,76)(H,69,73)(H,70,74)/t37-,38-,47-,48-,51-,52-,53-/m0/s1. The van der Waals surface area contributed by atoms with Crippen LogP contribution in [0.25, 0.3) is 33.3 Å². The number of fused-ring (bicyclic) bond motifs is 1. The Hall–Kier alpha value is -7.12. The van der Waals surface area contributed by atoms with Crippen LogP contribution in [0, 0.1) is 5.92 Å². The molecule has 4 heterocycles. The van der Waals surface area contributed by atoms with E-state index in [-0.39, 0.29) is 54.5 Å². The lowest BCUT2D eigenvalue weighted by molar-refractivity contribution is -0.139. The van der Waals surface area contributed by atoms with E-state index in [1.807, 2.05) is 94.5 Å². The van der Waals surface area contributed by atoms with Crippen molar-refractivity contribution in [3.8, 4) is 22.5 Å². The summed E-state index contributed by atoms with van der Waals surface area (Å²) in [6.07, 6.45) is 10.1. The molecule has 2 aromatic heterocycles. The quantitative estimate of drug-likeness (QED) is 0.0479. The maximum atomic E-state index is 15.0. The Balaban J connectivity index is 0.855. The van der Waals surface area contributed by atoms with Crippen LogP contribution in [0.5, 0.6) is 0 Å². The molecule has 418 valence electrons. The molecule has 4 aliphatic rings. The highest BCUT2D eigenvalue weighted by molar-refractivity contribution is 7.10. The monoisotopic (exact) mass is 1120 g/mol. The lowest BCUT2D eigenvalue weighted by Gasteiger charge is -2.35. The maximum absolute atomic E-state index is 15.0. The highest BCUT2D eigenvalue weighted by Gasteiger charge is 2.44. The van der Waals surface area contributed by atoms with Gasteiger partial charge < -0.3 is 41.7 Å². The van der Waals surface area contributed by atoms with E-state index in [0.29, 0.717) is 29.7 Å². The van der Waals surface area contributed by atoms with Crippen molar-refractivity contribution in [1.82, 2.24) is 51.7 Å². The number of aromatic nitrogens is 2. The molecule has 4 fully saturated rings. The van der Waals surface area contributed by atoms with Crippen molar-refractivity contribution in [2.24, 2.45) is 5.92 Å². The van der Waals surface area contributed by atoms with Crippen molar-refractivity contribution in [3.05, 3.63) is 140 Å². The molecule has 0 radical (unpaired) electrons. The van der Waals surface area contributed by atoms with Crippen LogP contribution in [0.1, 0.15) is 134 Å². The van der Waals surface area contributed by atoms with Gasteiger partial charge in [-0.05, 0) is 126 Å². The third-order valence-corrected chi connectivity index (χ3v) is 18.4. The SMILES string of the molecule is CN[C@@H](C)C(=O)NC(C(=O)N1C[C@@H](NC(=O)c2ccc3cc(C(=O)N[C@H]4C[C@@H](c5nc(-c6ccccc6)cs5)N(C(=O)[C@@H](NC(=O)[C@H](C)NC)C5CCCCC5)C4)ccc3c2)C[C@H]1c1nc(-c2ccccc2)cs1)=C1CCCCC1. The van der Waals surface area contributed by atoms with Crippen molar-refractivity contribution >= 4 is 68.9 Å². The van der Waals surface area contributed by atoms with Crippen molar-refractivity contribution < 1.29 is 28.8 Å². The molecule has 18 heteroatoms. The fourth-order valence-electron chi connectivity index (χ4n) is 11.7. The first-order valence-electron chi connectivity index (χ1n) is 28.3. The Kier molecular flexibility index (Phi) is 17.9. The van der Waals surface area contributed by atoms with Crippen LogP contribution in [0.2, 0.25) is 0 Å². The predicted molar refractivity (Wildman–Crippen MR) is 314 cm³/mol. The van der Waals surface area contributed by atoms with Crippen LogP contribution in [-0.4, -0.2) is 113 Å². The van der Waals surface area contributed by atoms with Crippen molar-refractivity contribution in [3.63, 3.8) is 0 Å². The first-order chi connectivity index (χ1) is 38.8. The molecule has 80 heavy (non-hydrogen) atoms. The van der Waals surface area contributed by atoms with Crippen molar-refractivity contribution in [2.45, 2.75) is 133 Å². The van der Waals surface area contributed by atoms with Gasteiger partial charge in [0.15, 0.2) is 0 Å². The van der Waals surface area contributed by atoms with E-state index in [4.69, 9.17) is 9.97 Å². The highest BCUT2D eigenvalue weighted by Crippen LogP contribution is 2.40. The van der Waals surface area contributed by atoms with Crippen LogP contribution in [0.3, 0.4) is 0 Å². The average molecular weight is 1120 g/mol. The molecule has 10 rings (SSSR count). The summed E-state index contributed by atoms with van der Waals surface area (Å²) in [6, 6.07) is 27.2. The first kappa shape index (κ1) is 56.2. The molecule has 0 bridgehead atoms. The Labute approximate surface area is 476 Å². The summed E-state index contributed by atoms with van der Waals surface area (Å²) in [7, 11) is 3.44. The minimum atomic E-state index is -0.710. The summed E-state index contributed by atoms with van der Waals surface area (Å²) < 4.78 is 0. The van der Waals surface area contributed by atoms with Crippen LogP contribution < -0.4 is 31.9 Å². The van der Waals surface area contributed by atoms with Gasteiger partial charge in [-0.1, -0.05) is 98.5 Å². The molecule has 2 aliphatic carbocycles. The van der Waals surface area contributed by atoms with E-state index in [1.165, 1.54) is 22.7 Å². The van der Waals surface area contributed by atoms with E-state index in [1.54, 1.807) is 51.0 Å². The predicted octanol–water partition coefficient (Wildman–Crippen LogP) is 8.85. The minimum absolute atomic E-state index is 0.00503. The molecule has 6 N–H and O–H groups in total. The fraction of sp³-hybridized carbons (Fsp3) is 0.419. The van der Waals surface area contributed by atoms with Gasteiger partial charge in [0.2, 0.25) is 17.7 Å². The highest BCUT2D eigenvalue weighted by atomic mass is 32.1. The van der Waals surface area contributed by atoms with Gasteiger partial charge in [0.05, 0.1) is 35.6 Å². The largest absolute Gasteiger partial charge is 0.347 e. The summed E-state index contributed by atoms with van der Waals surface area (Å²) >= 11 is 2.97. The Morgan fingerprint density at radius 3 is 1.60 bits per heavy atom. The molecule has 6 amide bonds. The number of likely N-dealkylation sites (tertiary alicyclic amines) is 2. The molecular formula is C62H72N10O6S2. The van der Waals surface area contributed by atoms with E-state index in [0.717, 1.165) is 113 Å². The van der Waals surface area contributed by atoms with Crippen molar-refractivity contribution in [2.75, 3.05) is 27.2 Å². The molecule has 6 aromatic rings. The molecule has 2 aliphatic heterocycles. The van der Waals surface area contributed by atoms with Gasteiger partial charge in [0.25, 0.3) is 17.7 Å². The minimum Gasteiger partial charge on any atom is -0.347 e. The Morgan fingerprint density at radius 1 is 0.588 bits per heavy atom. The second kappa shape index (κ2) is 25.6. The molecule has 4 aromatic carbocycles. The molecule has 16 nitrogen and oxygen atoms in total. The number of hydrogen-bond donors (Lipinski definition) is 6. The van der Waals surface area contributed by atoms with Gasteiger partial charge in [0.1, 0.15) is 21.8 Å². The summed E-state index contributed by atoms with van der Waals surface area (Å²) in [6.45, 7) is 4.01. The first-order valence-corrected chi connectivity index (χ1v) is 30.1. The third-order valence-electron chi connectivity index (χ3n) is 16.5. The topological polar surface area (TPSA) is 207 Å². The summed E-state index contributed by atoms with van der Waals surface area (Å²) in [4.78, 5) is 98.8. The van der Waals surface area contributed by atoms with Gasteiger partial charge in [0, 0.05) is 58.2 Å². The molecule has 2 saturated carbocycles. The molecule has 2 saturated heterocycles. The fourth-order valence-corrected chi connectivity index (χ4v) is 13.6. The second-order valence-electron chi connectivity index (χ2n) is 21.9. The van der Waals surface area contributed by atoms with Crippen LogP contribution in [-0.2, 0) is 19.2 Å². The number of carbonyl (C=O) groups is 6. The Morgan fingerprint density at radius 2 is 1.07 bits per heavy atom. The van der Waals surface area contributed by atoms with E-state index in [2.05, 4.69) is 31.9 Å². The average Bonchev–Trinajstić information content (AvgIpc) is 4.54. The smallest absolute Gasteiger partial charge is 0.270 e. The van der Waals surface area contributed by atoms with Crippen molar-refractivity contribution in [1.29, 1.82) is 0 Å². The maximum Gasteiger partial charge on any atom is 0.270 e. The van der Waals surface area contributed by atoms with Gasteiger partial charge in [-0.25, -0.2) is 9.97 Å². The number of rotatable bonds is 17. The zero-order valence-corrected chi connectivity index (χ0v) is 47.6. The molecule has 0 unspecified atom stereocenters. The number of allylic oxidation sites excluding steroid dienone is 1. The lowest BCUT2D eigenvalue weighted by Crippen LogP contribution is -2.56. The van der Waals surface area contributed by atoms with E-state index < -0.39 is 42.3 Å². The summed E-state index contributed by atoms with van der Waals surface area (Å²) in [5, 5.41) is 25.7. The number of nitrogens with zero attached hydrogens (tertiary/aromatic N) is 4. The Bertz CT molecular complexity index is 3240. The molecular weight excluding hydrogens is 1040 g/mol. The van der Waals surface area contributed by atoms with Crippen LogP contribution in [0.15, 0.2) is 119 Å². The molecule has 7 atom stereocenters. The summed E-state index contributed by atoms with van der Waals surface area (Å²) in [5.74, 6) is -1.54. The lowest BCUT2D eigenvalue weighted by atomic mass is 9.83. The number of nitrogens with one attached hydrogen (secondary N) is 6. The third kappa shape index (κ3) is 12.7.